The second-order valence-electron chi connectivity index (χ2n) is 6.11. The van der Waals surface area contributed by atoms with Gasteiger partial charge in [0.05, 0.1) is 5.39 Å². The number of benzene rings is 2. The Morgan fingerprint density at radius 1 is 1.12 bits per heavy atom. The summed E-state index contributed by atoms with van der Waals surface area (Å²) < 4.78 is 0. The van der Waals surface area contributed by atoms with E-state index in [0.29, 0.717) is 27.7 Å². The highest BCUT2D eigenvalue weighted by atomic mass is 35.5. The lowest BCUT2D eigenvalue weighted by Gasteiger charge is -2.04. The second kappa shape index (κ2) is 6.88. The first kappa shape index (κ1) is 17.3. The third-order valence-corrected chi connectivity index (χ3v) is 5.80. The quantitative estimate of drug-likeness (QED) is 0.468. The first-order chi connectivity index (χ1) is 12.5. The Kier molecular flexibility index (Phi) is 4.57. The van der Waals surface area contributed by atoms with Crippen molar-refractivity contribution in [3.8, 4) is 11.1 Å². The van der Waals surface area contributed by atoms with Gasteiger partial charge in [-0.25, -0.2) is 4.98 Å². The number of nitrogens with zero attached hydrogens (tertiary/aromatic N) is 1. The number of aryl methyl sites for hydroxylation is 1. The van der Waals surface area contributed by atoms with Gasteiger partial charge >= 0.3 is 0 Å². The van der Waals surface area contributed by atoms with Crippen LogP contribution in [0.5, 0.6) is 0 Å². The van der Waals surface area contributed by atoms with Gasteiger partial charge in [-0.1, -0.05) is 41.4 Å². The van der Waals surface area contributed by atoms with Gasteiger partial charge in [0.1, 0.15) is 10.7 Å². The van der Waals surface area contributed by atoms with Gasteiger partial charge in [0.25, 0.3) is 5.56 Å². The molecule has 0 saturated heterocycles. The summed E-state index contributed by atoms with van der Waals surface area (Å²) >= 11 is 13.5. The maximum atomic E-state index is 12.7. The van der Waals surface area contributed by atoms with Gasteiger partial charge in [-0.3, -0.25) is 4.79 Å². The fourth-order valence-corrected chi connectivity index (χ4v) is 4.11. The van der Waals surface area contributed by atoms with Gasteiger partial charge in [0.15, 0.2) is 0 Å². The number of hydrogen-bond acceptors (Lipinski definition) is 3. The van der Waals surface area contributed by atoms with Crippen molar-refractivity contribution in [1.82, 2.24) is 9.97 Å². The van der Waals surface area contributed by atoms with Crippen LogP contribution in [0.4, 0.5) is 0 Å². The molecule has 0 atom stereocenters. The molecule has 0 fully saturated rings. The van der Waals surface area contributed by atoms with Crippen LogP contribution in [-0.2, 0) is 6.42 Å². The molecule has 6 heteroatoms. The Morgan fingerprint density at radius 2 is 1.88 bits per heavy atom. The van der Waals surface area contributed by atoms with E-state index in [2.05, 4.69) is 9.97 Å². The van der Waals surface area contributed by atoms with Gasteiger partial charge in [-0.05, 0) is 47.9 Å². The number of aromatic amines is 1. The van der Waals surface area contributed by atoms with Crippen LogP contribution in [0.3, 0.4) is 0 Å². The Hall–Kier alpha value is -2.14. The molecule has 1 N–H and O–H groups in total. The van der Waals surface area contributed by atoms with Gasteiger partial charge in [0, 0.05) is 27.4 Å². The van der Waals surface area contributed by atoms with Crippen LogP contribution >= 0.6 is 34.5 Å². The van der Waals surface area contributed by atoms with E-state index < -0.39 is 0 Å². The number of thiophene rings is 1. The van der Waals surface area contributed by atoms with Crippen LogP contribution in [0.2, 0.25) is 10.0 Å². The molecule has 0 aliphatic rings. The van der Waals surface area contributed by atoms with Crippen LogP contribution in [0.1, 0.15) is 17.0 Å². The van der Waals surface area contributed by atoms with E-state index in [0.717, 1.165) is 27.1 Å². The van der Waals surface area contributed by atoms with Gasteiger partial charge in [-0.15, -0.1) is 11.3 Å². The van der Waals surface area contributed by atoms with E-state index in [1.807, 2.05) is 54.8 Å². The zero-order valence-corrected chi connectivity index (χ0v) is 16.2. The van der Waals surface area contributed by atoms with E-state index in [-0.39, 0.29) is 5.56 Å². The van der Waals surface area contributed by atoms with Crippen LogP contribution in [0, 0.1) is 6.92 Å². The number of halogens is 2. The molecule has 26 heavy (non-hydrogen) atoms. The van der Waals surface area contributed by atoms with E-state index >= 15 is 0 Å². The lowest BCUT2D eigenvalue weighted by molar-refractivity contribution is 0.977. The smallest absolute Gasteiger partial charge is 0.260 e. The summed E-state index contributed by atoms with van der Waals surface area (Å²) in [4.78, 5) is 21.0. The molecule has 0 saturated carbocycles. The molecule has 4 rings (SSSR count). The van der Waals surface area contributed by atoms with Crippen molar-refractivity contribution in [3.05, 3.63) is 85.2 Å². The molecule has 0 amide bonds. The van der Waals surface area contributed by atoms with Crippen molar-refractivity contribution in [1.29, 1.82) is 0 Å². The highest BCUT2D eigenvalue weighted by Crippen LogP contribution is 2.32. The predicted octanol–water partition coefficient (Wildman–Crippen LogP) is 5.86. The van der Waals surface area contributed by atoms with Crippen molar-refractivity contribution < 1.29 is 0 Å². The van der Waals surface area contributed by atoms with Gasteiger partial charge in [0.2, 0.25) is 0 Å². The maximum absolute atomic E-state index is 12.7. The first-order valence-corrected chi connectivity index (χ1v) is 9.66. The third kappa shape index (κ3) is 3.28. The maximum Gasteiger partial charge on any atom is 0.260 e. The summed E-state index contributed by atoms with van der Waals surface area (Å²) in [6.45, 7) is 1.95. The average Bonchev–Trinajstić information content (AvgIpc) is 3.04. The molecule has 0 radical (unpaired) electrons. The summed E-state index contributed by atoms with van der Waals surface area (Å²) in [6.07, 6.45) is 0.551. The monoisotopic (exact) mass is 400 g/mol. The summed E-state index contributed by atoms with van der Waals surface area (Å²) in [5.41, 5.74) is 3.75. The van der Waals surface area contributed by atoms with Crippen LogP contribution < -0.4 is 5.56 Å². The lowest BCUT2D eigenvalue weighted by atomic mass is 10.0. The Labute approximate surface area is 164 Å². The molecule has 2 aromatic carbocycles. The molecule has 130 valence electrons. The molecular weight excluding hydrogens is 387 g/mol. The normalized spacial score (nSPS) is 11.2. The number of rotatable bonds is 3. The van der Waals surface area contributed by atoms with E-state index in [1.54, 1.807) is 0 Å². The highest BCUT2D eigenvalue weighted by Gasteiger charge is 2.14. The summed E-state index contributed by atoms with van der Waals surface area (Å²) in [5, 5.41) is 4.00. The fraction of sp³-hybridized carbons (Fsp3) is 0.100. The first-order valence-electron chi connectivity index (χ1n) is 8.02. The minimum absolute atomic E-state index is 0.122. The van der Waals surface area contributed by atoms with Gasteiger partial charge < -0.3 is 4.98 Å². The van der Waals surface area contributed by atoms with Crippen molar-refractivity contribution in [2.75, 3.05) is 0 Å². The van der Waals surface area contributed by atoms with E-state index in [1.165, 1.54) is 11.3 Å². The minimum atomic E-state index is -0.122. The highest BCUT2D eigenvalue weighted by molar-refractivity contribution is 7.17. The summed E-state index contributed by atoms with van der Waals surface area (Å²) in [7, 11) is 0. The van der Waals surface area contributed by atoms with Crippen LogP contribution in [0.25, 0.3) is 21.3 Å². The zero-order valence-electron chi connectivity index (χ0n) is 13.8. The molecule has 0 bridgehead atoms. The molecule has 3 nitrogen and oxygen atoms in total. The number of H-pyrrole nitrogens is 1. The van der Waals surface area contributed by atoms with E-state index in [4.69, 9.17) is 23.2 Å². The number of hydrogen-bond donors (Lipinski definition) is 1. The average molecular weight is 401 g/mol. The zero-order chi connectivity index (χ0) is 18.3. The van der Waals surface area contributed by atoms with Crippen molar-refractivity contribution in [2.45, 2.75) is 13.3 Å². The Bertz CT molecular complexity index is 1160. The topological polar surface area (TPSA) is 45.8 Å². The molecule has 2 heterocycles. The summed E-state index contributed by atoms with van der Waals surface area (Å²) in [5.74, 6) is 0.644. The van der Waals surface area contributed by atoms with Crippen molar-refractivity contribution in [3.63, 3.8) is 0 Å². The molecule has 0 spiro atoms. The SMILES string of the molecule is Cc1cc(-c2csc3nc(Cc4ccc(Cl)cc4)[nH]c(=O)c23)ccc1Cl. The predicted molar refractivity (Wildman–Crippen MR) is 110 cm³/mol. The van der Waals surface area contributed by atoms with Crippen LogP contribution in [-0.4, -0.2) is 9.97 Å². The lowest BCUT2D eigenvalue weighted by Crippen LogP contribution is -2.11. The largest absolute Gasteiger partial charge is 0.310 e. The van der Waals surface area contributed by atoms with Crippen LogP contribution in [0.15, 0.2) is 52.6 Å². The molecule has 2 aromatic heterocycles. The molecular formula is C20H14Cl2N2OS. The fourth-order valence-electron chi connectivity index (χ4n) is 2.90. The van der Waals surface area contributed by atoms with Crippen molar-refractivity contribution >= 4 is 44.8 Å². The number of fused-ring (bicyclic) bond motifs is 1. The molecule has 0 aliphatic carbocycles. The Morgan fingerprint density at radius 3 is 2.62 bits per heavy atom. The molecule has 0 aliphatic heterocycles. The van der Waals surface area contributed by atoms with Crippen molar-refractivity contribution in [2.24, 2.45) is 0 Å². The molecule has 0 unspecified atom stereocenters. The second-order valence-corrected chi connectivity index (χ2v) is 7.81. The molecule has 4 aromatic rings. The number of nitrogens with one attached hydrogen (secondary N) is 1. The van der Waals surface area contributed by atoms with Gasteiger partial charge in [-0.2, -0.15) is 0 Å². The van der Waals surface area contributed by atoms with E-state index in [9.17, 15) is 4.79 Å². The summed E-state index contributed by atoms with van der Waals surface area (Å²) in [6, 6.07) is 13.3. The third-order valence-electron chi connectivity index (χ3n) is 4.25. The number of aromatic nitrogens is 2. The Balaban J connectivity index is 1.76. The minimum Gasteiger partial charge on any atom is -0.310 e. The standard InChI is InChI=1S/C20H14Cl2N2OS/c1-11-8-13(4-7-16(11)22)15-10-26-20-18(15)19(25)23-17(24-20)9-12-2-5-14(21)6-3-12/h2-8,10H,9H2,1H3,(H,23,24,25).